The van der Waals surface area contributed by atoms with Crippen LogP contribution in [0.3, 0.4) is 0 Å². The monoisotopic (exact) mass is 361 g/mol. The summed E-state index contributed by atoms with van der Waals surface area (Å²) in [6.45, 7) is 12.7. The first-order valence-electron chi connectivity index (χ1n) is 11.1. The Hall–Kier alpha value is -0.380. The van der Waals surface area contributed by atoms with E-state index >= 15 is 0 Å². The highest BCUT2D eigenvalue weighted by Crippen LogP contribution is 2.61. The molecule has 26 heavy (non-hydrogen) atoms. The predicted molar refractivity (Wildman–Crippen MR) is 106 cm³/mol. The fourth-order valence-corrected chi connectivity index (χ4v) is 7.18. The van der Waals surface area contributed by atoms with Gasteiger partial charge in [0.05, 0.1) is 12.2 Å². The van der Waals surface area contributed by atoms with Crippen LogP contribution in [-0.4, -0.2) is 47.0 Å². The van der Waals surface area contributed by atoms with Gasteiger partial charge in [0.15, 0.2) is 0 Å². The van der Waals surface area contributed by atoms with E-state index in [0.29, 0.717) is 17.8 Å². The Kier molecular flexibility index (Phi) is 5.03. The number of hydrogen-bond acceptors (Lipinski definition) is 3. The molecular weight excluding hydrogens is 322 g/mol. The molecule has 4 fully saturated rings. The molecule has 0 bridgehead atoms. The Balaban J connectivity index is 1.56. The molecule has 148 valence electrons. The molecule has 2 N–H and O–H groups in total. The van der Waals surface area contributed by atoms with Crippen LogP contribution < -0.4 is 0 Å². The number of hydrogen-bond donors (Lipinski definition) is 2. The average molecular weight is 362 g/mol. The molecule has 1 heterocycles. The van der Waals surface area contributed by atoms with Crippen molar-refractivity contribution in [3.05, 3.63) is 12.2 Å². The van der Waals surface area contributed by atoms with Crippen molar-refractivity contribution in [2.24, 2.45) is 28.6 Å². The molecule has 2 unspecified atom stereocenters. The van der Waals surface area contributed by atoms with Gasteiger partial charge in [-0.3, -0.25) is 0 Å². The first-order chi connectivity index (χ1) is 12.3. The molecule has 4 rings (SSSR count). The Labute approximate surface area is 159 Å². The van der Waals surface area contributed by atoms with Crippen molar-refractivity contribution < 1.29 is 10.2 Å². The van der Waals surface area contributed by atoms with Crippen molar-refractivity contribution in [1.29, 1.82) is 0 Å². The summed E-state index contributed by atoms with van der Waals surface area (Å²) >= 11 is 0. The van der Waals surface area contributed by atoms with Crippen LogP contribution in [0.25, 0.3) is 0 Å². The van der Waals surface area contributed by atoms with Crippen LogP contribution >= 0.6 is 0 Å². The van der Waals surface area contributed by atoms with Gasteiger partial charge in [-0.2, -0.15) is 0 Å². The lowest BCUT2D eigenvalue weighted by molar-refractivity contribution is -0.122. The molecule has 0 aromatic rings. The van der Waals surface area contributed by atoms with Crippen molar-refractivity contribution in [2.75, 3.05) is 19.6 Å². The summed E-state index contributed by atoms with van der Waals surface area (Å²) in [5.74, 6) is 1.29. The average Bonchev–Trinajstić information content (AvgIpc) is 3.21. The fraction of sp³-hybridized carbons (Fsp3) is 0.913. The van der Waals surface area contributed by atoms with E-state index in [1.165, 1.54) is 37.9 Å². The molecule has 0 amide bonds. The molecule has 1 saturated heterocycles. The zero-order valence-corrected chi connectivity index (χ0v) is 16.9. The minimum absolute atomic E-state index is 0.145. The third-order valence-corrected chi connectivity index (χ3v) is 9.21. The van der Waals surface area contributed by atoms with E-state index < -0.39 is 0 Å². The van der Waals surface area contributed by atoms with Gasteiger partial charge in [0, 0.05) is 6.54 Å². The summed E-state index contributed by atoms with van der Waals surface area (Å²) in [7, 11) is 0. The van der Waals surface area contributed by atoms with Crippen LogP contribution in [0.2, 0.25) is 0 Å². The highest BCUT2D eigenvalue weighted by atomic mass is 16.3. The standard InChI is InChI=1S/C23H39NO2/c1-16-6-7-19-21(26)20(9-11-22(16,19)2)23(3)10-8-18(25)14-17(23)15-24-12-4-5-13-24/h17-21,25-26H,1,4-15H2,2-3H3/t17-,18+,19?,20?,21-,22+,23+/m1/s1. The third-order valence-electron chi connectivity index (χ3n) is 9.21. The van der Waals surface area contributed by atoms with E-state index in [9.17, 15) is 10.2 Å². The number of allylic oxidation sites excluding steroid dienone is 1. The summed E-state index contributed by atoms with van der Waals surface area (Å²) in [6.07, 6.45) is 9.71. The van der Waals surface area contributed by atoms with Crippen molar-refractivity contribution in [3.63, 3.8) is 0 Å². The maximum atomic E-state index is 11.5. The van der Waals surface area contributed by atoms with Gasteiger partial charge in [0.25, 0.3) is 0 Å². The number of aliphatic hydroxyl groups excluding tert-OH is 2. The second-order valence-corrected chi connectivity index (χ2v) is 10.4. The van der Waals surface area contributed by atoms with Crippen LogP contribution in [-0.2, 0) is 0 Å². The van der Waals surface area contributed by atoms with Gasteiger partial charge in [-0.05, 0) is 99.5 Å². The van der Waals surface area contributed by atoms with Crippen molar-refractivity contribution >= 4 is 0 Å². The lowest BCUT2D eigenvalue weighted by Crippen LogP contribution is -2.54. The van der Waals surface area contributed by atoms with Gasteiger partial charge in [-0.15, -0.1) is 0 Å². The molecule has 0 radical (unpaired) electrons. The van der Waals surface area contributed by atoms with E-state index in [1.54, 1.807) is 0 Å². The Morgan fingerprint density at radius 2 is 1.77 bits per heavy atom. The van der Waals surface area contributed by atoms with Crippen LogP contribution in [0.4, 0.5) is 0 Å². The second-order valence-electron chi connectivity index (χ2n) is 10.4. The number of nitrogens with zero attached hydrogens (tertiary/aromatic N) is 1. The fourth-order valence-electron chi connectivity index (χ4n) is 7.18. The van der Waals surface area contributed by atoms with E-state index in [0.717, 1.165) is 45.1 Å². The SMILES string of the molecule is C=C1CCC2[C@@H](O)C([C@@]3(C)CC[C@H](O)C[C@@H]3CN3CCCC3)CC[C@@]12C. The third kappa shape index (κ3) is 2.99. The van der Waals surface area contributed by atoms with E-state index in [4.69, 9.17) is 0 Å². The van der Waals surface area contributed by atoms with Gasteiger partial charge in [0.2, 0.25) is 0 Å². The molecule has 3 aliphatic carbocycles. The highest BCUT2D eigenvalue weighted by molar-refractivity contribution is 5.21. The quantitative estimate of drug-likeness (QED) is 0.747. The predicted octanol–water partition coefficient (Wildman–Crippen LogP) is 3.99. The molecular formula is C23H39NO2. The largest absolute Gasteiger partial charge is 0.393 e. The maximum absolute atomic E-state index is 11.5. The van der Waals surface area contributed by atoms with E-state index in [2.05, 4.69) is 25.3 Å². The summed E-state index contributed by atoms with van der Waals surface area (Å²) in [5, 5.41) is 21.9. The Morgan fingerprint density at radius 1 is 1.04 bits per heavy atom. The number of aliphatic hydroxyl groups is 2. The van der Waals surface area contributed by atoms with Crippen LogP contribution in [0.5, 0.6) is 0 Å². The van der Waals surface area contributed by atoms with Crippen LogP contribution in [0, 0.1) is 28.6 Å². The first-order valence-corrected chi connectivity index (χ1v) is 11.1. The molecule has 3 heteroatoms. The highest BCUT2D eigenvalue weighted by Gasteiger charge is 2.56. The normalized spacial score (nSPS) is 50.2. The van der Waals surface area contributed by atoms with E-state index in [1.807, 2.05) is 0 Å². The van der Waals surface area contributed by atoms with Gasteiger partial charge in [0.1, 0.15) is 0 Å². The Bertz CT molecular complexity index is 542. The summed E-state index contributed by atoms with van der Waals surface area (Å²) in [6, 6.07) is 0. The molecule has 0 aromatic heterocycles. The maximum Gasteiger partial charge on any atom is 0.0610 e. The summed E-state index contributed by atoms with van der Waals surface area (Å²) in [5.41, 5.74) is 1.69. The van der Waals surface area contributed by atoms with Crippen LogP contribution in [0.1, 0.15) is 71.6 Å². The molecule has 4 aliphatic rings. The van der Waals surface area contributed by atoms with Crippen LogP contribution in [0.15, 0.2) is 12.2 Å². The van der Waals surface area contributed by atoms with Gasteiger partial charge in [-0.25, -0.2) is 0 Å². The molecule has 7 atom stereocenters. The molecule has 3 saturated carbocycles. The van der Waals surface area contributed by atoms with Gasteiger partial charge >= 0.3 is 0 Å². The second kappa shape index (κ2) is 6.90. The lowest BCUT2D eigenvalue weighted by Gasteiger charge is -2.55. The molecule has 0 aromatic carbocycles. The zero-order chi connectivity index (χ0) is 18.5. The smallest absolute Gasteiger partial charge is 0.0610 e. The lowest BCUT2D eigenvalue weighted by atomic mass is 9.52. The zero-order valence-electron chi connectivity index (χ0n) is 16.9. The minimum Gasteiger partial charge on any atom is -0.393 e. The minimum atomic E-state index is -0.200. The summed E-state index contributed by atoms with van der Waals surface area (Å²) < 4.78 is 0. The number of likely N-dealkylation sites (tertiary alicyclic amines) is 1. The summed E-state index contributed by atoms with van der Waals surface area (Å²) in [4.78, 5) is 2.61. The first kappa shape index (κ1) is 19.0. The topological polar surface area (TPSA) is 43.7 Å². The van der Waals surface area contributed by atoms with Crippen molar-refractivity contribution in [3.8, 4) is 0 Å². The molecule has 0 spiro atoms. The molecule has 1 aliphatic heterocycles. The van der Waals surface area contributed by atoms with E-state index in [-0.39, 0.29) is 23.0 Å². The Morgan fingerprint density at radius 3 is 2.50 bits per heavy atom. The van der Waals surface area contributed by atoms with Crippen molar-refractivity contribution in [1.82, 2.24) is 4.90 Å². The number of rotatable bonds is 3. The van der Waals surface area contributed by atoms with Crippen molar-refractivity contribution in [2.45, 2.75) is 83.8 Å². The van der Waals surface area contributed by atoms with Gasteiger partial charge in [-0.1, -0.05) is 26.0 Å². The van der Waals surface area contributed by atoms with Gasteiger partial charge < -0.3 is 15.1 Å². The number of fused-ring (bicyclic) bond motifs is 1. The molecule has 3 nitrogen and oxygen atoms in total.